The molecule has 1 aromatic rings. The lowest BCUT2D eigenvalue weighted by atomic mass is 10.0. The van der Waals surface area contributed by atoms with Crippen molar-refractivity contribution in [3.8, 4) is 11.5 Å². The molecule has 82 valence electrons. The van der Waals surface area contributed by atoms with Crippen LogP contribution in [0.25, 0.3) is 0 Å². The highest BCUT2D eigenvalue weighted by Crippen LogP contribution is 2.50. The smallest absolute Gasteiger partial charge is 0.144 e. The molecule has 3 N–H and O–H groups in total. The van der Waals surface area contributed by atoms with Gasteiger partial charge in [-0.2, -0.15) is 0 Å². The van der Waals surface area contributed by atoms with Crippen LogP contribution in [0.5, 0.6) is 11.5 Å². The van der Waals surface area contributed by atoms with E-state index in [0.717, 1.165) is 24.0 Å². The van der Waals surface area contributed by atoms with Crippen LogP contribution in [-0.4, -0.2) is 12.2 Å². The molecule has 0 aromatic heterocycles. The molecular formula is C11H14ClNO2. The molecule has 2 rings (SSSR count). The van der Waals surface area contributed by atoms with Crippen LogP contribution in [0.2, 0.25) is 5.02 Å². The number of phenols is 1. The van der Waals surface area contributed by atoms with Crippen LogP contribution in [0.4, 0.5) is 0 Å². The van der Waals surface area contributed by atoms with Crippen LogP contribution in [0.3, 0.4) is 0 Å². The van der Waals surface area contributed by atoms with E-state index in [4.69, 9.17) is 22.1 Å². The number of nitrogens with two attached hydrogens (primary N) is 1. The minimum atomic E-state index is -0.384. The molecule has 0 spiro atoms. The van der Waals surface area contributed by atoms with E-state index in [1.165, 1.54) is 7.11 Å². The number of halogens is 1. The summed E-state index contributed by atoms with van der Waals surface area (Å²) in [5, 5.41) is 10.2. The van der Waals surface area contributed by atoms with Gasteiger partial charge in [0.05, 0.1) is 7.11 Å². The van der Waals surface area contributed by atoms with Gasteiger partial charge in [-0.25, -0.2) is 0 Å². The average Bonchev–Trinajstić information content (AvgIpc) is 2.92. The van der Waals surface area contributed by atoms with E-state index >= 15 is 0 Å². The molecule has 0 amide bonds. The van der Waals surface area contributed by atoms with E-state index in [2.05, 4.69) is 0 Å². The highest BCUT2D eigenvalue weighted by atomic mass is 35.5. The van der Waals surface area contributed by atoms with Crippen molar-refractivity contribution in [3.63, 3.8) is 0 Å². The SMILES string of the molecule is COc1c(C)cc(C2(N)CC2)c(O)c1Cl. The monoisotopic (exact) mass is 227 g/mol. The Kier molecular flexibility index (Phi) is 2.32. The van der Waals surface area contributed by atoms with Gasteiger partial charge >= 0.3 is 0 Å². The third kappa shape index (κ3) is 1.56. The molecule has 0 bridgehead atoms. The van der Waals surface area contributed by atoms with Gasteiger partial charge in [0.2, 0.25) is 0 Å². The number of rotatable bonds is 2. The Labute approximate surface area is 93.8 Å². The van der Waals surface area contributed by atoms with Crippen molar-refractivity contribution in [1.29, 1.82) is 0 Å². The maximum atomic E-state index is 9.92. The molecule has 0 unspecified atom stereocenters. The van der Waals surface area contributed by atoms with E-state index in [9.17, 15) is 5.11 Å². The second-order valence-corrected chi connectivity index (χ2v) is 4.47. The van der Waals surface area contributed by atoms with Crippen LogP contribution >= 0.6 is 11.6 Å². The first-order valence-corrected chi connectivity index (χ1v) is 5.23. The number of methoxy groups -OCH3 is 1. The zero-order chi connectivity index (χ0) is 11.2. The zero-order valence-corrected chi connectivity index (χ0v) is 9.56. The largest absolute Gasteiger partial charge is 0.506 e. The van der Waals surface area contributed by atoms with Gasteiger partial charge in [-0.3, -0.25) is 0 Å². The third-order valence-electron chi connectivity index (χ3n) is 2.91. The number of aromatic hydroxyl groups is 1. The van der Waals surface area contributed by atoms with Gasteiger partial charge in [-0.05, 0) is 31.4 Å². The van der Waals surface area contributed by atoms with Gasteiger partial charge in [0, 0.05) is 11.1 Å². The molecule has 0 aliphatic heterocycles. The van der Waals surface area contributed by atoms with E-state index < -0.39 is 0 Å². The van der Waals surface area contributed by atoms with Crippen LogP contribution in [-0.2, 0) is 5.54 Å². The Morgan fingerprint density at radius 2 is 2.13 bits per heavy atom. The molecule has 1 saturated carbocycles. The van der Waals surface area contributed by atoms with E-state index in [1.807, 2.05) is 13.0 Å². The molecule has 1 aromatic carbocycles. The molecule has 15 heavy (non-hydrogen) atoms. The van der Waals surface area contributed by atoms with Crippen molar-refractivity contribution in [1.82, 2.24) is 0 Å². The lowest BCUT2D eigenvalue weighted by Gasteiger charge is -2.16. The van der Waals surface area contributed by atoms with Crippen molar-refractivity contribution in [2.75, 3.05) is 7.11 Å². The fourth-order valence-electron chi connectivity index (χ4n) is 1.78. The first-order valence-electron chi connectivity index (χ1n) is 4.85. The summed E-state index contributed by atoms with van der Waals surface area (Å²) in [5.41, 5.74) is 7.28. The summed E-state index contributed by atoms with van der Waals surface area (Å²) < 4.78 is 5.11. The van der Waals surface area contributed by atoms with Gasteiger partial charge in [0.15, 0.2) is 0 Å². The predicted molar refractivity (Wildman–Crippen MR) is 59.5 cm³/mol. The fourth-order valence-corrected chi connectivity index (χ4v) is 2.11. The minimum absolute atomic E-state index is 0.0547. The van der Waals surface area contributed by atoms with Gasteiger partial charge < -0.3 is 15.6 Å². The summed E-state index contributed by atoms with van der Waals surface area (Å²) in [6.07, 6.45) is 1.78. The van der Waals surface area contributed by atoms with Gasteiger partial charge in [0.1, 0.15) is 16.5 Å². The lowest BCUT2D eigenvalue weighted by molar-refractivity contribution is 0.402. The van der Waals surface area contributed by atoms with Gasteiger partial charge in [-0.15, -0.1) is 0 Å². The Morgan fingerprint density at radius 3 is 2.60 bits per heavy atom. The maximum Gasteiger partial charge on any atom is 0.144 e. The van der Waals surface area contributed by atoms with Gasteiger partial charge in [0.25, 0.3) is 0 Å². The van der Waals surface area contributed by atoms with Crippen LogP contribution in [0.15, 0.2) is 6.07 Å². The van der Waals surface area contributed by atoms with E-state index in [1.54, 1.807) is 0 Å². The molecule has 1 fully saturated rings. The summed E-state index contributed by atoms with van der Waals surface area (Å²) >= 11 is 6.01. The van der Waals surface area contributed by atoms with E-state index in [0.29, 0.717) is 5.75 Å². The molecule has 0 radical (unpaired) electrons. The van der Waals surface area contributed by atoms with Gasteiger partial charge in [-0.1, -0.05) is 11.6 Å². The van der Waals surface area contributed by atoms with Crippen LogP contribution in [0, 0.1) is 6.92 Å². The predicted octanol–water partition coefficient (Wildman–Crippen LogP) is 2.31. The zero-order valence-electron chi connectivity index (χ0n) is 8.80. The van der Waals surface area contributed by atoms with Crippen molar-refractivity contribution < 1.29 is 9.84 Å². The standard InChI is InChI=1S/C11H14ClNO2/c1-6-5-7(11(13)3-4-11)9(14)8(12)10(6)15-2/h5,14H,3-4,13H2,1-2H3. The number of hydrogen-bond acceptors (Lipinski definition) is 3. The van der Waals surface area contributed by atoms with Crippen molar-refractivity contribution >= 4 is 11.6 Å². The first kappa shape index (κ1) is 10.6. The normalized spacial score (nSPS) is 17.6. The Hall–Kier alpha value is -0.930. The second-order valence-electron chi connectivity index (χ2n) is 4.09. The number of phenolic OH excluding ortho intramolecular Hbond substituents is 1. The Bertz CT molecular complexity index is 414. The molecule has 0 heterocycles. The van der Waals surface area contributed by atoms with Crippen LogP contribution in [0.1, 0.15) is 24.0 Å². The fraction of sp³-hybridized carbons (Fsp3) is 0.455. The van der Waals surface area contributed by atoms with Crippen molar-refractivity contribution in [2.45, 2.75) is 25.3 Å². The average molecular weight is 228 g/mol. The molecule has 1 aliphatic carbocycles. The summed E-state index contributed by atoms with van der Waals surface area (Å²) in [5.74, 6) is 0.571. The molecule has 3 nitrogen and oxygen atoms in total. The summed E-state index contributed by atoms with van der Waals surface area (Å²) in [4.78, 5) is 0. The van der Waals surface area contributed by atoms with Crippen LogP contribution < -0.4 is 10.5 Å². The number of aryl methyl sites for hydroxylation is 1. The Balaban J connectivity index is 2.59. The lowest BCUT2D eigenvalue weighted by Crippen LogP contribution is -2.19. The second kappa shape index (κ2) is 3.29. The maximum absolute atomic E-state index is 9.92. The summed E-state index contributed by atoms with van der Waals surface area (Å²) in [7, 11) is 1.53. The quantitative estimate of drug-likeness (QED) is 0.815. The van der Waals surface area contributed by atoms with E-state index in [-0.39, 0.29) is 16.3 Å². The summed E-state index contributed by atoms with van der Waals surface area (Å²) in [6.45, 7) is 1.89. The highest BCUT2D eigenvalue weighted by Gasteiger charge is 2.43. The Morgan fingerprint density at radius 1 is 1.53 bits per heavy atom. The molecule has 0 atom stereocenters. The number of ether oxygens (including phenoxy) is 1. The summed E-state index contributed by atoms with van der Waals surface area (Å²) in [6, 6.07) is 1.85. The van der Waals surface area contributed by atoms with Crippen molar-refractivity contribution in [2.24, 2.45) is 5.73 Å². The third-order valence-corrected chi connectivity index (χ3v) is 3.26. The van der Waals surface area contributed by atoms with Crippen molar-refractivity contribution in [3.05, 3.63) is 22.2 Å². The number of benzene rings is 1. The first-order chi connectivity index (χ1) is 6.99. The molecule has 1 aliphatic rings. The molecule has 0 saturated heterocycles. The molecular weight excluding hydrogens is 214 g/mol. The minimum Gasteiger partial charge on any atom is -0.506 e. The molecule has 4 heteroatoms. The number of hydrogen-bond donors (Lipinski definition) is 2. The highest BCUT2D eigenvalue weighted by molar-refractivity contribution is 6.33. The topological polar surface area (TPSA) is 55.5 Å².